The first-order chi connectivity index (χ1) is 16.4. The van der Waals surface area contributed by atoms with Gasteiger partial charge in [-0.1, -0.05) is 62.4 Å². The van der Waals surface area contributed by atoms with Gasteiger partial charge in [0.2, 0.25) is 5.91 Å². The van der Waals surface area contributed by atoms with Crippen molar-refractivity contribution in [2.24, 2.45) is 5.92 Å². The predicted octanol–water partition coefficient (Wildman–Crippen LogP) is 4.41. The Hall–Kier alpha value is -3.35. The lowest BCUT2D eigenvalue weighted by Crippen LogP contribution is -2.55. The van der Waals surface area contributed by atoms with Crippen LogP contribution in [-0.4, -0.2) is 53.2 Å². The van der Waals surface area contributed by atoms with Crippen LogP contribution in [0.4, 0.5) is 4.79 Å². The largest absolute Gasteiger partial charge is 0.481 e. The standard InChI is InChI=1S/C27H32N2O5/c1-17(2)25(26(32)29-14-8-7-9-18(29)15-24(30)31)28-27(33)34-16-23-21-12-5-3-10-19(21)20-11-4-6-13-22(20)23/h3-6,10-13,17-18,23,25H,7-9,14-16H2,1-2H3,(H,28,33)(H,30,31)/t18-,25?/m0/s1. The number of carboxylic acids is 1. The zero-order valence-corrected chi connectivity index (χ0v) is 19.7. The Labute approximate surface area is 200 Å². The highest BCUT2D eigenvalue weighted by Gasteiger charge is 2.35. The first-order valence-electron chi connectivity index (χ1n) is 12.0. The summed E-state index contributed by atoms with van der Waals surface area (Å²) in [4.78, 5) is 39.0. The molecular formula is C27H32N2O5. The van der Waals surface area contributed by atoms with Crippen LogP contribution in [0.5, 0.6) is 0 Å². The summed E-state index contributed by atoms with van der Waals surface area (Å²) in [5.41, 5.74) is 4.55. The summed E-state index contributed by atoms with van der Waals surface area (Å²) >= 11 is 0. The number of fused-ring (bicyclic) bond motifs is 3. The average molecular weight is 465 g/mol. The van der Waals surface area contributed by atoms with Crippen molar-refractivity contribution in [1.29, 1.82) is 0 Å². The van der Waals surface area contributed by atoms with Crippen LogP contribution in [0, 0.1) is 5.92 Å². The van der Waals surface area contributed by atoms with Crippen molar-refractivity contribution < 1.29 is 24.2 Å². The quantitative estimate of drug-likeness (QED) is 0.633. The van der Waals surface area contributed by atoms with Gasteiger partial charge in [-0.15, -0.1) is 0 Å². The second kappa shape index (κ2) is 10.3. The number of carbonyl (C=O) groups excluding carboxylic acids is 2. The maximum atomic E-state index is 13.3. The lowest BCUT2D eigenvalue weighted by atomic mass is 9.95. The van der Waals surface area contributed by atoms with Gasteiger partial charge in [0.1, 0.15) is 12.6 Å². The van der Waals surface area contributed by atoms with E-state index < -0.39 is 18.1 Å². The number of amides is 2. The van der Waals surface area contributed by atoms with Crippen molar-refractivity contribution in [3.05, 3.63) is 59.7 Å². The highest BCUT2D eigenvalue weighted by Crippen LogP contribution is 2.44. The van der Waals surface area contributed by atoms with E-state index in [1.807, 2.05) is 38.1 Å². The smallest absolute Gasteiger partial charge is 0.407 e. The van der Waals surface area contributed by atoms with Crippen molar-refractivity contribution in [3.8, 4) is 11.1 Å². The minimum absolute atomic E-state index is 0.0617. The van der Waals surface area contributed by atoms with Gasteiger partial charge >= 0.3 is 12.1 Å². The van der Waals surface area contributed by atoms with E-state index in [0.717, 1.165) is 35.1 Å². The molecule has 2 atom stereocenters. The van der Waals surface area contributed by atoms with E-state index in [1.165, 1.54) is 0 Å². The first-order valence-corrected chi connectivity index (χ1v) is 12.0. The van der Waals surface area contributed by atoms with Gasteiger partial charge in [0.25, 0.3) is 0 Å². The number of ether oxygens (including phenoxy) is 1. The van der Waals surface area contributed by atoms with Gasteiger partial charge in [-0.2, -0.15) is 0 Å². The summed E-state index contributed by atoms with van der Waals surface area (Å²) in [7, 11) is 0. The second-order valence-electron chi connectivity index (χ2n) is 9.47. The molecule has 7 nitrogen and oxygen atoms in total. The zero-order valence-electron chi connectivity index (χ0n) is 19.7. The third-order valence-corrected chi connectivity index (χ3v) is 6.87. The number of alkyl carbamates (subject to hydrolysis) is 1. The van der Waals surface area contributed by atoms with E-state index >= 15 is 0 Å². The highest BCUT2D eigenvalue weighted by atomic mass is 16.5. The van der Waals surface area contributed by atoms with Crippen LogP contribution in [0.25, 0.3) is 11.1 Å². The number of rotatable bonds is 7. The van der Waals surface area contributed by atoms with Crippen molar-refractivity contribution in [2.45, 2.75) is 57.5 Å². The molecule has 1 fully saturated rings. The lowest BCUT2D eigenvalue weighted by molar-refractivity contribution is -0.143. The molecule has 2 amide bonds. The summed E-state index contributed by atoms with van der Waals surface area (Å²) in [6.45, 7) is 4.40. The molecule has 1 aliphatic heterocycles. The molecule has 2 aliphatic rings. The third kappa shape index (κ3) is 4.93. The summed E-state index contributed by atoms with van der Waals surface area (Å²) in [5.74, 6) is -1.39. The van der Waals surface area contributed by atoms with Crippen LogP contribution in [0.15, 0.2) is 48.5 Å². The fourth-order valence-electron chi connectivity index (χ4n) is 5.16. The highest BCUT2D eigenvalue weighted by molar-refractivity contribution is 5.87. The molecule has 2 aromatic carbocycles. The normalized spacial score (nSPS) is 18.2. The van der Waals surface area contributed by atoms with E-state index in [2.05, 4.69) is 29.6 Å². The monoisotopic (exact) mass is 464 g/mol. The molecule has 1 heterocycles. The Bertz CT molecular complexity index is 1020. The number of piperidine rings is 1. The Morgan fingerprint density at radius 2 is 1.65 bits per heavy atom. The SMILES string of the molecule is CC(C)C(NC(=O)OCC1c2ccccc2-c2ccccc21)C(=O)N1CCCC[C@H]1CC(=O)O. The van der Waals surface area contributed by atoms with Gasteiger partial charge in [-0.3, -0.25) is 9.59 Å². The zero-order chi connectivity index (χ0) is 24.2. The molecule has 0 saturated carbocycles. The fourth-order valence-corrected chi connectivity index (χ4v) is 5.16. The number of aliphatic carboxylic acids is 1. The molecule has 4 rings (SSSR count). The number of carbonyl (C=O) groups is 3. The number of hydrogen-bond donors (Lipinski definition) is 2. The summed E-state index contributed by atoms with van der Waals surface area (Å²) in [6.07, 6.45) is 1.67. The molecule has 34 heavy (non-hydrogen) atoms. The second-order valence-corrected chi connectivity index (χ2v) is 9.47. The molecule has 2 N–H and O–H groups in total. The predicted molar refractivity (Wildman–Crippen MR) is 128 cm³/mol. The minimum Gasteiger partial charge on any atom is -0.481 e. The Kier molecular flexibility index (Phi) is 7.20. The summed E-state index contributed by atoms with van der Waals surface area (Å²) in [6, 6.07) is 15.1. The number of hydrogen-bond acceptors (Lipinski definition) is 4. The maximum absolute atomic E-state index is 13.3. The van der Waals surface area contributed by atoms with E-state index in [-0.39, 0.29) is 36.8 Å². The molecule has 0 radical (unpaired) electrons. The lowest BCUT2D eigenvalue weighted by Gasteiger charge is -2.38. The van der Waals surface area contributed by atoms with Crippen LogP contribution >= 0.6 is 0 Å². The summed E-state index contributed by atoms with van der Waals surface area (Å²) < 4.78 is 5.63. The van der Waals surface area contributed by atoms with E-state index in [9.17, 15) is 19.5 Å². The Balaban J connectivity index is 1.43. The number of nitrogens with zero attached hydrogens (tertiary/aromatic N) is 1. The number of nitrogens with one attached hydrogen (secondary N) is 1. The maximum Gasteiger partial charge on any atom is 0.407 e. The van der Waals surface area contributed by atoms with Crippen molar-refractivity contribution in [2.75, 3.05) is 13.2 Å². The van der Waals surface area contributed by atoms with Crippen LogP contribution in [-0.2, 0) is 14.3 Å². The molecule has 7 heteroatoms. The van der Waals surface area contributed by atoms with Crippen molar-refractivity contribution >= 4 is 18.0 Å². The molecule has 0 bridgehead atoms. The molecule has 0 spiro atoms. The number of likely N-dealkylation sites (tertiary alicyclic amines) is 1. The van der Waals surface area contributed by atoms with Crippen LogP contribution in [0.2, 0.25) is 0 Å². The van der Waals surface area contributed by atoms with E-state index in [4.69, 9.17) is 4.74 Å². The van der Waals surface area contributed by atoms with Crippen LogP contribution in [0.1, 0.15) is 56.6 Å². The molecular weight excluding hydrogens is 432 g/mol. The molecule has 1 unspecified atom stereocenters. The van der Waals surface area contributed by atoms with Gasteiger partial charge in [-0.25, -0.2) is 4.79 Å². The van der Waals surface area contributed by atoms with Crippen molar-refractivity contribution in [3.63, 3.8) is 0 Å². The van der Waals surface area contributed by atoms with Crippen LogP contribution < -0.4 is 5.32 Å². The Morgan fingerprint density at radius 3 is 2.24 bits per heavy atom. The minimum atomic E-state index is -0.921. The molecule has 1 saturated heterocycles. The molecule has 0 aromatic heterocycles. The van der Waals surface area contributed by atoms with Gasteiger partial charge in [0, 0.05) is 18.5 Å². The van der Waals surface area contributed by atoms with Crippen LogP contribution in [0.3, 0.4) is 0 Å². The fraction of sp³-hybridized carbons (Fsp3) is 0.444. The van der Waals surface area contributed by atoms with Gasteiger partial charge in [0.15, 0.2) is 0 Å². The topological polar surface area (TPSA) is 95.9 Å². The Morgan fingerprint density at radius 1 is 1.03 bits per heavy atom. The van der Waals surface area contributed by atoms with Gasteiger partial charge in [0.05, 0.1) is 6.42 Å². The molecule has 180 valence electrons. The number of benzene rings is 2. The third-order valence-electron chi connectivity index (χ3n) is 6.87. The van der Waals surface area contributed by atoms with Gasteiger partial charge in [-0.05, 0) is 47.4 Å². The van der Waals surface area contributed by atoms with Gasteiger partial charge < -0.3 is 20.1 Å². The molecule has 2 aromatic rings. The summed E-state index contributed by atoms with van der Waals surface area (Å²) in [5, 5.41) is 12.0. The van der Waals surface area contributed by atoms with E-state index in [1.54, 1.807) is 4.90 Å². The van der Waals surface area contributed by atoms with E-state index in [0.29, 0.717) is 13.0 Å². The number of carboxylic acid groups (broad SMARTS) is 1. The first kappa shape index (κ1) is 23.8. The average Bonchev–Trinajstić information content (AvgIpc) is 3.14. The molecule has 1 aliphatic carbocycles. The van der Waals surface area contributed by atoms with Crippen molar-refractivity contribution in [1.82, 2.24) is 10.2 Å².